The van der Waals surface area contributed by atoms with Crippen molar-refractivity contribution in [3.63, 3.8) is 0 Å². The lowest BCUT2D eigenvalue weighted by atomic mass is 9.76. The summed E-state index contributed by atoms with van der Waals surface area (Å²) in [5, 5.41) is 7.98. The number of nitrogens with one attached hydrogen (secondary N) is 1. The highest BCUT2D eigenvalue weighted by molar-refractivity contribution is 5.97. The van der Waals surface area contributed by atoms with Crippen LogP contribution in [0.5, 0.6) is 0 Å². The number of carbonyl (C=O) groups is 1. The molecule has 2 fully saturated rings. The molecule has 6 nitrogen and oxygen atoms in total. The molecular formula is C18H27N3O3. The molecule has 1 amide bonds. The molecule has 0 aliphatic carbocycles. The van der Waals surface area contributed by atoms with E-state index in [9.17, 15) is 4.79 Å². The van der Waals surface area contributed by atoms with Crippen LogP contribution in [0.2, 0.25) is 0 Å². The molecule has 24 heavy (non-hydrogen) atoms. The predicted octanol–water partition coefficient (Wildman–Crippen LogP) is 1.56. The van der Waals surface area contributed by atoms with E-state index in [1.165, 1.54) is 0 Å². The number of aryl methyl sites for hydroxylation is 1. The summed E-state index contributed by atoms with van der Waals surface area (Å²) in [6.45, 7) is 8.99. The van der Waals surface area contributed by atoms with Gasteiger partial charge in [-0.05, 0) is 31.1 Å². The van der Waals surface area contributed by atoms with Crippen LogP contribution in [0, 0.1) is 10.8 Å². The van der Waals surface area contributed by atoms with Crippen molar-refractivity contribution in [2.75, 3.05) is 33.0 Å². The van der Waals surface area contributed by atoms with Gasteiger partial charge in [0.25, 0.3) is 5.91 Å². The molecule has 1 aromatic heterocycles. The minimum atomic E-state index is 0.0477. The third-order valence-corrected chi connectivity index (χ3v) is 5.84. The van der Waals surface area contributed by atoms with E-state index in [1.54, 1.807) is 0 Å². The molecule has 0 aromatic carbocycles. The summed E-state index contributed by atoms with van der Waals surface area (Å²) in [7, 11) is 0. The van der Waals surface area contributed by atoms with Gasteiger partial charge in [0.2, 0.25) is 0 Å². The van der Waals surface area contributed by atoms with E-state index < -0.39 is 0 Å². The molecule has 0 saturated carbocycles. The number of nitrogens with zero attached hydrogens (tertiary/aromatic N) is 2. The van der Waals surface area contributed by atoms with Crippen molar-refractivity contribution >= 4 is 5.91 Å². The van der Waals surface area contributed by atoms with Crippen molar-refractivity contribution in [2.45, 2.75) is 46.1 Å². The smallest absolute Gasteiger partial charge is 0.255 e. The van der Waals surface area contributed by atoms with Crippen LogP contribution >= 0.6 is 0 Å². The number of ether oxygens (including phenoxy) is 2. The molecule has 1 aromatic rings. The largest absolute Gasteiger partial charge is 0.381 e. The Bertz CT molecular complexity index is 642. The minimum absolute atomic E-state index is 0.0477. The first-order valence-electron chi connectivity index (χ1n) is 9.06. The predicted molar refractivity (Wildman–Crippen MR) is 89.1 cm³/mol. The molecule has 4 rings (SSSR count). The van der Waals surface area contributed by atoms with Crippen LogP contribution in [0.1, 0.15) is 48.4 Å². The zero-order valence-electron chi connectivity index (χ0n) is 14.7. The van der Waals surface area contributed by atoms with Crippen LogP contribution < -0.4 is 5.32 Å². The Hall–Kier alpha value is -1.40. The first kappa shape index (κ1) is 16.1. The maximum atomic E-state index is 12.8. The lowest BCUT2D eigenvalue weighted by Crippen LogP contribution is -2.44. The summed E-state index contributed by atoms with van der Waals surface area (Å²) in [6, 6.07) is 0. The number of rotatable bonds is 3. The molecule has 3 aliphatic rings. The van der Waals surface area contributed by atoms with Crippen LogP contribution in [-0.4, -0.2) is 48.7 Å². The van der Waals surface area contributed by atoms with E-state index in [4.69, 9.17) is 14.6 Å². The molecular weight excluding hydrogens is 306 g/mol. The third-order valence-electron chi connectivity index (χ3n) is 5.84. The van der Waals surface area contributed by atoms with Crippen LogP contribution in [0.4, 0.5) is 0 Å². The molecule has 0 atom stereocenters. The Labute approximate surface area is 142 Å². The van der Waals surface area contributed by atoms with E-state index in [2.05, 4.69) is 23.8 Å². The number of aromatic nitrogens is 2. The van der Waals surface area contributed by atoms with Crippen LogP contribution in [0.15, 0.2) is 0 Å². The standard InChI is InChI=1S/C18H27N3O3/c1-3-13-15-14(21(20-13)10-17(2)11-24-12-17)8-18(9-19-16(15)22)4-6-23-7-5-18/h3-12H2,1-2H3,(H,19,22). The summed E-state index contributed by atoms with van der Waals surface area (Å²) < 4.78 is 13.1. The van der Waals surface area contributed by atoms with Crippen LogP contribution in [0.25, 0.3) is 0 Å². The Kier molecular flexibility index (Phi) is 3.92. The average Bonchev–Trinajstić information content (AvgIpc) is 2.82. The lowest BCUT2D eigenvalue weighted by Gasteiger charge is -2.39. The monoisotopic (exact) mass is 333 g/mol. The summed E-state index contributed by atoms with van der Waals surface area (Å²) in [5.41, 5.74) is 3.12. The Balaban J connectivity index is 1.73. The number of hydrogen-bond donors (Lipinski definition) is 1. The number of fused-ring (bicyclic) bond motifs is 1. The van der Waals surface area contributed by atoms with Gasteiger partial charge < -0.3 is 14.8 Å². The highest BCUT2D eigenvalue weighted by Gasteiger charge is 2.41. The fourth-order valence-electron chi connectivity index (χ4n) is 4.21. The fourth-order valence-corrected chi connectivity index (χ4v) is 4.21. The van der Waals surface area contributed by atoms with Crippen molar-refractivity contribution in [1.82, 2.24) is 15.1 Å². The van der Waals surface area contributed by atoms with E-state index in [1.807, 2.05) is 0 Å². The van der Waals surface area contributed by atoms with Crippen molar-refractivity contribution in [2.24, 2.45) is 10.8 Å². The highest BCUT2D eigenvalue weighted by Crippen LogP contribution is 2.38. The maximum Gasteiger partial charge on any atom is 0.255 e. The van der Waals surface area contributed by atoms with E-state index in [-0.39, 0.29) is 16.7 Å². The van der Waals surface area contributed by atoms with E-state index in [0.29, 0.717) is 0 Å². The average molecular weight is 333 g/mol. The van der Waals surface area contributed by atoms with Crippen LogP contribution in [0.3, 0.4) is 0 Å². The molecule has 4 heterocycles. The Morgan fingerprint density at radius 2 is 2.00 bits per heavy atom. The lowest BCUT2D eigenvalue weighted by molar-refractivity contribution is -0.112. The first-order chi connectivity index (χ1) is 11.5. The van der Waals surface area contributed by atoms with Gasteiger partial charge in [-0.1, -0.05) is 13.8 Å². The van der Waals surface area contributed by atoms with Gasteiger partial charge in [-0.2, -0.15) is 5.10 Å². The number of amides is 1. The summed E-state index contributed by atoms with van der Waals surface area (Å²) in [4.78, 5) is 12.8. The van der Waals surface area contributed by atoms with Gasteiger partial charge in [0.05, 0.1) is 36.7 Å². The summed E-state index contributed by atoms with van der Waals surface area (Å²) in [5.74, 6) is 0.0477. The van der Waals surface area contributed by atoms with Gasteiger partial charge in [-0.15, -0.1) is 0 Å². The molecule has 0 bridgehead atoms. The van der Waals surface area contributed by atoms with Crippen molar-refractivity contribution in [3.8, 4) is 0 Å². The molecule has 3 aliphatic heterocycles. The molecule has 2 saturated heterocycles. The first-order valence-corrected chi connectivity index (χ1v) is 9.06. The second-order valence-electron chi connectivity index (χ2n) is 8.05. The van der Waals surface area contributed by atoms with E-state index >= 15 is 0 Å². The van der Waals surface area contributed by atoms with Gasteiger partial charge >= 0.3 is 0 Å². The zero-order valence-corrected chi connectivity index (χ0v) is 14.7. The number of hydrogen-bond acceptors (Lipinski definition) is 4. The van der Waals surface area contributed by atoms with Gasteiger partial charge in [-0.3, -0.25) is 9.48 Å². The van der Waals surface area contributed by atoms with Gasteiger partial charge in [-0.25, -0.2) is 0 Å². The van der Waals surface area contributed by atoms with Gasteiger partial charge in [0.15, 0.2) is 0 Å². The Morgan fingerprint density at radius 3 is 2.62 bits per heavy atom. The van der Waals surface area contributed by atoms with E-state index in [0.717, 1.165) is 82.2 Å². The third kappa shape index (κ3) is 2.65. The highest BCUT2D eigenvalue weighted by atomic mass is 16.5. The molecule has 1 spiro atoms. The van der Waals surface area contributed by atoms with Gasteiger partial charge in [0, 0.05) is 25.2 Å². The molecule has 0 unspecified atom stereocenters. The maximum absolute atomic E-state index is 12.8. The minimum Gasteiger partial charge on any atom is -0.381 e. The Morgan fingerprint density at radius 1 is 1.25 bits per heavy atom. The SMILES string of the molecule is CCc1nn(CC2(C)COC2)c2c1C(=O)NCC1(CCOCC1)C2. The molecule has 0 radical (unpaired) electrons. The second kappa shape index (κ2) is 5.85. The van der Waals surface area contributed by atoms with Crippen molar-refractivity contribution in [3.05, 3.63) is 17.0 Å². The number of carbonyl (C=O) groups excluding carboxylic acids is 1. The fraction of sp³-hybridized carbons (Fsp3) is 0.778. The second-order valence-corrected chi connectivity index (χ2v) is 8.05. The topological polar surface area (TPSA) is 65.4 Å². The van der Waals surface area contributed by atoms with Crippen molar-refractivity contribution in [1.29, 1.82) is 0 Å². The molecule has 132 valence electrons. The molecule has 1 N–H and O–H groups in total. The van der Waals surface area contributed by atoms with Crippen LogP contribution in [-0.2, 0) is 28.9 Å². The normalized spacial score (nSPS) is 24.8. The summed E-state index contributed by atoms with van der Waals surface area (Å²) >= 11 is 0. The zero-order chi connectivity index (χ0) is 16.8. The summed E-state index contributed by atoms with van der Waals surface area (Å²) in [6.07, 6.45) is 3.69. The quantitative estimate of drug-likeness (QED) is 0.912. The van der Waals surface area contributed by atoms with Gasteiger partial charge in [0.1, 0.15) is 0 Å². The van der Waals surface area contributed by atoms with Crippen molar-refractivity contribution < 1.29 is 14.3 Å². The molecule has 6 heteroatoms.